The molecule has 4 aromatic rings. The largest absolute Gasteiger partial charge is 0.342 e. The van der Waals surface area contributed by atoms with Crippen LogP contribution in [0.4, 0.5) is 5.13 Å². The molecule has 0 bridgehead atoms. The van der Waals surface area contributed by atoms with Crippen molar-refractivity contribution >= 4 is 33.6 Å². The van der Waals surface area contributed by atoms with Crippen LogP contribution in [0.5, 0.6) is 0 Å². The van der Waals surface area contributed by atoms with Crippen LogP contribution in [-0.2, 0) is 6.54 Å². The third-order valence-electron chi connectivity index (χ3n) is 3.74. The number of anilines is 1. The SMILES string of the molecule is C(=N\Nc1nncs1)/c1cn(Cc2ccccc2)c2ccccc12. The molecule has 0 saturated carbocycles. The van der Waals surface area contributed by atoms with E-state index in [1.165, 1.54) is 27.8 Å². The molecule has 5 nitrogen and oxygen atoms in total. The number of nitrogens with zero attached hydrogens (tertiary/aromatic N) is 4. The monoisotopic (exact) mass is 333 g/mol. The Morgan fingerprint density at radius 3 is 2.75 bits per heavy atom. The Labute approximate surface area is 143 Å². The summed E-state index contributed by atoms with van der Waals surface area (Å²) in [5.74, 6) is 0. The average molecular weight is 333 g/mol. The van der Waals surface area contributed by atoms with Gasteiger partial charge in [0.25, 0.3) is 0 Å². The molecule has 2 aromatic carbocycles. The van der Waals surface area contributed by atoms with Crippen LogP contribution in [0.2, 0.25) is 0 Å². The van der Waals surface area contributed by atoms with Crippen LogP contribution < -0.4 is 5.43 Å². The zero-order valence-corrected chi connectivity index (χ0v) is 13.6. The van der Waals surface area contributed by atoms with Crippen molar-refractivity contribution in [3.8, 4) is 0 Å². The van der Waals surface area contributed by atoms with E-state index in [2.05, 4.69) is 74.0 Å². The number of rotatable bonds is 5. The fourth-order valence-corrected chi connectivity index (χ4v) is 3.06. The molecule has 24 heavy (non-hydrogen) atoms. The normalized spacial score (nSPS) is 11.3. The second kappa shape index (κ2) is 6.64. The molecule has 0 unspecified atom stereocenters. The van der Waals surface area contributed by atoms with Crippen molar-refractivity contribution in [1.29, 1.82) is 0 Å². The number of hydrogen-bond acceptors (Lipinski definition) is 5. The van der Waals surface area contributed by atoms with Crippen molar-refractivity contribution in [2.75, 3.05) is 5.43 Å². The maximum absolute atomic E-state index is 4.27. The molecule has 1 N–H and O–H groups in total. The first-order valence-corrected chi connectivity index (χ1v) is 8.45. The predicted molar refractivity (Wildman–Crippen MR) is 98.6 cm³/mol. The lowest BCUT2D eigenvalue weighted by Gasteiger charge is -2.05. The minimum Gasteiger partial charge on any atom is -0.342 e. The quantitative estimate of drug-likeness (QED) is 0.444. The maximum Gasteiger partial charge on any atom is 0.225 e. The van der Waals surface area contributed by atoms with Crippen LogP contribution in [0.1, 0.15) is 11.1 Å². The van der Waals surface area contributed by atoms with E-state index in [1.807, 2.05) is 18.3 Å². The summed E-state index contributed by atoms with van der Waals surface area (Å²) in [7, 11) is 0. The molecule has 0 spiro atoms. The first-order chi connectivity index (χ1) is 11.9. The van der Waals surface area contributed by atoms with Crippen molar-refractivity contribution in [3.63, 3.8) is 0 Å². The highest BCUT2D eigenvalue weighted by Crippen LogP contribution is 2.21. The third-order valence-corrected chi connectivity index (χ3v) is 4.33. The Kier molecular flexibility index (Phi) is 4.04. The number of aromatic nitrogens is 3. The van der Waals surface area contributed by atoms with E-state index in [0.717, 1.165) is 12.1 Å². The molecule has 0 amide bonds. The molecule has 4 rings (SSSR count). The van der Waals surface area contributed by atoms with Crippen molar-refractivity contribution in [1.82, 2.24) is 14.8 Å². The molecule has 0 radical (unpaired) electrons. The van der Waals surface area contributed by atoms with Gasteiger partial charge in [0, 0.05) is 29.2 Å². The van der Waals surface area contributed by atoms with Crippen LogP contribution in [0, 0.1) is 0 Å². The Morgan fingerprint density at radius 2 is 1.92 bits per heavy atom. The van der Waals surface area contributed by atoms with Crippen LogP contribution in [0.15, 0.2) is 71.4 Å². The van der Waals surface area contributed by atoms with Crippen LogP contribution >= 0.6 is 11.3 Å². The molecule has 6 heteroatoms. The number of para-hydroxylation sites is 1. The molecular weight excluding hydrogens is 318 g/mol. The van der Waals surface area contributed by atoms with Gasteiger partial charge in [-0.15, -0.1) is 10.2 Å². The zero-order valence-electron chi connectivity index (χ0n) is 12.8. The lowest BCUT2D eigenvalue weighted by atomic mass is 10.2. The van der Waals surface area contributed by atoms with Crippen molar-refractivity contribution in [2.24, 2.45) is 5.10 Å². The fraction of sp³-hybridized carbons (Fsp3) is 0.0556. The summed E-state index contributed by atoms with van der Waals surface area (Å²) < 4.78 is 2.25. The standard InChI is InChI=1S/C18H15N5S/c1-2-6-14(7-3-1)11-23-12-15(16-8-4-5-9-17(16)23)10-19-21-18-22-20-13-24-18/h1-10,12-13H,11H2,(H,21,22)/b19-10+. The third kappa shape index (κ3) is 3.04. The first-order valence-electron chi connectivity index (χ1n) is 7.57. The summed E-state index contributed by atoms with van der Waals surface area (Å²) in [6, 6.07) is 18.8. The van der Waals surface area contributed by atoms with E-state index in [-0.39, 0.29) is 0 Å². The number of fused-ring (bicyclic) bond motifs is 1. The van der Waals surface area contributed by atoms with Crippen LogP contribution in [0.25, 0.3) is 10.9 Å². The van der Waals surface area contributed by atoms with Crippen LogP contribution in [-0.4, -0.2) is 21.0 Å². The highest BCUT2D eigenvalue weighted by Gasteiger charge is 2.07. The lowest BCUT2D eigenvalue weighted by molar-refractivity contribution is 0.836. The summed E-state index contributed by atoms with van der Waals surface area (Å²) in [6.45, 7) is 0.832. The predicted octanol–water partition coefficient (Wildman–Crippen LogP) is 3.99. The molecule has 0 saturated heterocycles. The maximum atomic E-state index is 4.27. The van der Waals surface area contributed by atoms with E-state index >= 15 is 0 Å². The number of nitrogens with one attached hydrogen (secondary N) is 1. The van der Waals surface area contributed by atoms with Gasteiger partial charge in [-0.1, -0.05) is 59.9 Å². The van der Waals surface area contributed by atoms with Crippen molar-refractivity contribution in [2.45, 2.75) is 6.54 Å². The van der Waals surface area contributed by atoms with Gasteiger partial charge in [0.15, 0.2) is 0 Å². The van der Waals surface area contributed by atoms with Gasteiger partial charge in [0.05, 0.1) is 6.21 Å². The van der Waals surface area contributed by atoms with Gasteiger partial charge in [-0.3, -0.25) is 5.43 Å². The minimum absolute atomic E-state index is 0.680. The molecule has 0 atom stereocenters. The van der Waals surface area contributed by atoms with E-state index in [0.29, 0.717) is 5.13 Å². The summed E-state index contributed by atoms with van der Waals surface area (Å²) >= 11 is 1.42. The van der Waals surface area contributed by atoms with Gasteiger partial charge in [0.1, 0.15) is 5.51 Å². The van der Waals surface area contributed by atoms with E-state index < -0.39 is 0 Å². The van der Waals surface area contributed by atoms with Gasteiger partial charge < -0.3 is 4.57 Å². The Balaban J connectivity index is 1.65. The molecule has 0 fully saturated rings. The van der Waals surface area contributed by atoms with Gasteiger partial charge >= 0.3 is 0 Å². The van der Waals surface area contributed by atoms with Gasteiger partial charge in [-0.25, -0.2) is 0 Å². The molecule has 2 heterocycles. The van der Waals surface area contributed by atoms with Crippen molar-refractivity contribution in [3.05, 3.63) is 77.4 Å². The fourth-order valence-electron chi connectivity index (χ4n) is 2.67. The van der Waals surface area contributed by atoms with Crippen molar-refractivity contribution < 1.29 is 0 Å². The average Bonchev–Trinajstić information content (AvgIpc) is 3.25. The first kappa shape index (κ1) is 14.6. The summed E-state index contributed by atoms with van der Waals surface area (Å²) in [5.41, 5.74) is 8.11. The molecule has 0 aliphatic rings. The van der Waals surface area contributed by atoms with E-state index in [1.54, 1.807) is 5.51 Å². The molecule has 0 aliphatic heterocycles. The Bertz CT molecular complexity index is 958. The highest BCUT2D eigenvalue weighted by molar-refractivity contribution is 7.13. The minimum atomic E-state index is 0.680. The number of benzene rings is 2. The summed E-state index contributed by atoms with van der Waals surface area (Å²) in [5, 5.41) is 13.8. The van der Waals surface area contributed by atoms with E-state index in [9.17, 15) is 0 Å². The Hall–Kier alpha value is -2.99. The number of hydrazone groups is 1. The second-order valence-electron chi connectivity index (χ2n) is 5.33. The molecule has 0 aliphatic carbocycles. The van der Waals surface area contributed by atoms with Gasteiger partial charge in [-0.2, -0.15) is 5.10 Å². The molecule has 2 aromatic heterocycles. The van der Waals surface area contributed by atoms with Gasteiger partial charge in [-0.05, 0) is 11.6 Å². The Morgan fingerprint density at radius 1 is 1.08 bits per heavy atom. The molecular formula is C18H15N5S. The number of hydrogen-bond donors (Lipinski definition) is 1. The summed E-state index contributed by atoms with van der Waals surface area (Å²) in [4.78, 5) is 0. The highest BCUT2D eigenvalue weighted by atomic mass is 32.1. The van der Waals surface area contributed by atoms with E-state index in [4.69, 9.17) is 0 Å². The zero-order chi connectivity index (χ0) is 16.2. The van der Waals surface area contributed by atoms with Gasteiger partial charge in [0.2, 0.25) is 5.13 Å². The smallest absolute Gasteiger partial charge is 0.225 e. The summed E-state index contributed by atoms with van der Waals surface area (Å²) in [6.07, 6.45) is 3.95. The molecule has 118 valence electrons. The topological polar surface area (TPSA) is 55.1 Å². The second-order valence-corrected chi connectivity index (χ2v) is 6.16. The lowest BCUT2D eigenvalue weighted by Crippen LogP contribution is -1.97. The van der Waals surface area contributed by atoms with Crippen LogP contribution in [0.3, 0.4) is 0 Å².